The molecule has 2 aliphatic carbocycles. The van der Waals surface area contributed by atoms with Gasteiger partial charge in [-0.2, -0.15) is 5.26 Å². The average Bonchev–Trinajstić information content (AvgIpc) is 3.36. The van der Waals surface area contributed by atoms with Crippen molar-refractivity contribution in [3.63, 3.8) is 0 Å². The van der Waals surface area contributed by atoms with Crippen molar-refractivity contribution in [3.8, 4) is 6.07 Å². The standard InChI is InChI=1S/C60H48N4/c1-62-60-48(33-27-44-30-38-52(39-31-44)64(50-20-6-3-7-21-50)59-25-13-17-46-15-9-11-23-54(46)59)35-40-55-56(60)41-34-47(57(55)42-61)32-26-43-28-36-51(37-29-43)63(49-18-4-2-5-19-49)58-24-12-16-45-14-8-10-22-53(45)58/h2-7,12-13,16-21,24-41H,8-11,14-15,22-23H2. The Morgan fingerprint density at radius 1 is 0.438 bits per heavy atom. The lowest BCUT2D eigenvalue weighted by atomic mass is 9.90. The maximum absolute atomic E-state index is 10.5. The summed E-state index contributed by atoms with van der Waals surface area (Å²) in [4.78, 5) is 8.75. The van der Waals surface area contributed by atoms with Crippen molar-refractivity contribution >= 4 is 74.9 Å². The van der Waals surface area contributed by atoms with Crippen LogP contribution in [0, 0.1) is 17.9 Å². The van der Waals surface area contributed by atoms with Gasteiger partial charge in [-0.15, -0.1) is 0 Å². The van der Waals surface area contributed by atoms with Gasteiger partial charge in [0.05, 0.1) is 12.1 Å². The zero-order valence-electron chi connectivity index (χ0n) is 35.9. The van der Waals surface area contributed by atoms with E-state index in [4.69, 9.17) is 6.57 Å². The highest BCUT2D eigenvalue weighted by Crippen LogP contribution is 2.42. The van der Waals surface area contributed by atoms with Crippen LogP contribution in [0.2, 0.25) is 0 Å². The molecule has 8 aromatic carbocycles. The lowest BCUT2D eigenvalue weighted by Crippen LogP contribution is -2.15. The van der Waals surface area contributed by atoms with Crippen molar-refractivity contribution < 1.29 is 0 Å². The average molecular weight is 825 g/mol. The normalized spacial score (nSPS) is 13.3. The van der Waals surface area contributed by atoms with Gasteiger partial charge >= 0.3 is 0 Å². The van der Waals surface area contributed by atoms with Crippen LogP contribution in [-0.4, -0.2) is 0 Å². The third kappa shape index (κ3) is 7.99. The second kappa shape index (κ2) is 18.2. The number of para-hydroxylation sites is 2. The van der Waals surface area contributed by atoms with Gasteiger partial charge in [0.1, 0.15) is 6.07 Å². The molecular weight excluding hydrogens is 777 g/mol. The molecule has 0 unspecified atom stereocenters. The molecule has 2 aliphatic rings. The van der Waals surface area contributed by atoms with Crippen molar-refractivity contribution in [2.75, 3.05) is 9.80 Å². The Bertz CT molecular complexity index is 2900. The van der Waals surface area contributed by atoms with Crippen LogP contribution in [0.25, 0.3) is 39.9 Å². The summed E-state index contributed by atoms with van der Waals surface area (Å²) >= 11 is 0. The van der Waals surface area contributed by atoms with Gasteiger partial charge in [0.15, 0.2) is 0 Å². The van der Waals surface area contributed by atoms with Crippen molar-refractivity contribution in [1.29, 1.82) is 5.26 Å². The molecule has 8 aromatic rings. The summed E-state index contributed by atoms with van der Waals surface area (Å²) in [6.07, 6.45) is 17.5. The number of nitrogens with zero attached hydrogens (tertiary/aromatic N) is 4. The molecule has 0 heterocycles. The minimum absolute atomic E-state index is 0.541. The minimum Gasteiger partial charge on any atom is -0.310 e. The Labute approximate surface area is 377 Å². The lowest BCUT2D eigenvalue weighted by Gasteiger charge is -2.30. The second-order valence-corrected chi connectivity index (χ2v) is 16.8. The topological polar surface area (TPSA) is 34.6 Å². The number of hydrogen-bond acceptors (Lipinski definition) is 3. The van der Waals surface area contributed by atoms with Crippen LogP contribution in [-0.2, 0) is 25.7 Å². The lowest BCUT2D eigenvalue weighted by molar-refractivity contribution is 0.686. The second-order valence-electron chi connectivity index (χ2n) is 16.8. The van der Waals surface area contributed by atoms with Gasteiger partial charge in [-0.3, -0.25) is 0 Å². The van der Waals surface area contributed by atoms with E-state index >= 15 is 0 Å². The fraction of sp³-hybridized carbons (Fsp3) is 0.133. The van der Waals surface area contributed by atoms with E-state index in [0.717, 1.165) is 81.5 Å². The molecule has 0 N–H and O–H groups in total. The molecule has 64 heavy (non-hydrogen) atoms. The van der Waals surface area contributed by atoms with Crippen LogP contribution in [0.5, 0.6) is 0 Å². The fourth-order valence-corrected chi connectivity index (χ4v) is 9.74. The Morgan fingerprint density at radius 3 is 1.39 bits per heavy atom. The monoisotopic (exact) mass is 824 g/mol. The van der Waals surface area contributed by atoms with Gasteiger partial charge in [-0.05, 0) is 167 Å². The van der Waals surface area contributed by atoms with Crippen LogP contribution in [0.15, 0.2) is 170 Å². The molecular formula is C60H48N4. The number of fused-ring (bicyclic) bond motifs is 3. The van der Waals surface area contributed by atoms with Gasteiger partial charge in [0, 0.05) is 34.1 Å². The van der Waals surface area contributed by atoms with Gasteiger partial charge < -0.3 is 9.80 Å². The Balaban J connectivity index is 0.902. The molecule has 0 atom stereocenters. The number of anilines is 6. The molecule has 0 bridgehead atoms. The van der Waals surface area contributed by atoms with Crippen LogP contribution < -0.4 is 9.80 Å². The first kappa shape index (κ1) is 40.2. The molecule has 10 rings (SSSR count). The SMILES string of the molecule is [C-]#[N+]c1c(C=Cc2ccc(N(c3ccccc3)c3cccc4c3CCCC4)cc2)ccc2c(C#N)c(C=Cc3ccc(N(c4ccccc4)c4cccc5c4CCCC5)cc3)ccc12. The Kier molecular flexibility index (Phi) is 11.4. The third-order valence-electron chi connectivity index (χ3n) is 12.9. The summed E-state index contributed by atoms with van der Waals surface area (Å²) in [5.74, 6) is 0. The first-order valence-electron chi connectivity index (χ1n) is 22.5. The van der Waals surface area contributed by atoms with Crippen molar-refractivity contribution in [1.82, 2.24) is 0 Å². The largest absolute Gasteiger partial charge is 0.310 e. The van der Waals surface area contributed by atoms with Crippen LogP contribution in [0.3, 0.4) is 0 Å². The third-order valence-corrected chi connectivity index (χ3v) is 12.9. The molecule has 308 valence electrons. The van der Waals surface area contributed by atoms with Gasteiger partial charge in [0.2, 0.25) is 5.69 Å². The molecule has 0 radical (unpaired) electrons. The highest BCUT2D eigenvalue weighted by Gasteiger charge is 2.22. The van der Waals surface area contributed by atoms with Gasteiger partial charge in [-0.25, -0.2) is 4.85 Å². The number of nitriles is 1. The van der Waals surface area contributed by atoms with E-state index in [9.17, 15) is 5.26 Å². The predicted molar refractivity (Wildman–Crippen MR) is 268 cm³/mol. The maximum atomic E-state index is 10.5. The maximum Gasteiger partial charge on any atom is 0.202 e. The van der Waals surface area contributed by atoms with E-state index in [1.54, 1.807) is 0 Å². The van der Waals surface area contributed by atoms with E-state index in [1.165, 1.54) is 59.3 Å². The van der Waals surface area contributed by atoms with E-state index in [2.05, 4.69) is 178 Å². The zero-order valence-corrected chi connectivity index (χ0v) is 35.9. The van der Waals surface area contributed by atoms with Gasteiger partial charge in [-0.1, -0.05) is 133 Å². The van der Waals surface area contributed by atoms with Crippen LogP contribution >= 0.6 is 0 Å². The Morgan fingerprint density at radius 2 is 0.891 bits per heavy atom. The fourth-order valence-electron chi connectivity index (χ4n) is 9.74. The number of hydrogen-bond donors (Lipinski definition) is 0. The molecule has 0 spiro atoms. The molecule has 4 heteroatoms. The number of aryl methyl sites for hydroxylation is 2. The van der Waals surface area contributed by atoms with Crippen molar-refractivity contribution in [2.24, 2.45) is 0 Å². The highest BCUT2D eigenvalue weighted by molar-refractivity contribution is 6.03. The van der Waals surface area contributed by atoms with Gasteiger partial charge in [0.25, 0.3) is 0 Å². The first-order chi connectivity index (χ1) is 31.7. The number of benzene rings is 8. The smallest absolute Gasteiger partial charge is 0.202 e. The molecule has 0 amide bonds. The first-order valence-corrected chi connectivity index (χ1v) is 22.5. The van der Waals surface area contributed by atoms with E-state index in [0.29, 0.717) is 11.3 Å². The van der Waals surface area contributed by atoms with E-state index in [-0.39, 0.29) is 0 Å². The minimum atomic E-state index is 0.541. The van der Waals surface area contributed by atoms with Crippen LogP contribution in [0.1, 0.15) is 75.8 Å². The van der Waals surface area contributed by atoms with Crippen molar-refractivity contribution in [3.05, 3.63) is 231 Å². The zero-order chi connectivity index (χ0) is 43.2. The van der Waals surface area contributed by atoms with Crippen molar-refractivity contribution in [2.45, 2.75) is 51.4 Å². The quantitative estimate of drug-likeness (QED) is 0.102. The molecule has 0 saturated heterocycles. The van der Waals surface area contributed by atoms with E-state index in [1.807, 2.05) is 36.4 Å². The summed E-state index contributed by atoms with van der Waals surface area (Å²) in [7, 11) is 0. The molecule has 0 aromatic heterocycles. The summed E-state index contributed by atoms with van der Waals surface area (Å²) in [6.45, 7) is 8.22. The molecule has 4 nitrogen and oxygen atoms in total. The molecule has 0 fully saturated rings. The highest BCUT2D eigenvalue weighted by atomic mass is 15.1. The summed E-state index contributed by atoms with van der Waals surface area (Å²) < 4.78 is 0. The summed E-state index contributed by atoms with van der Waals surface area (Å²) in [5, 5.41) is 12.0. The van der Waals surface area contributed by atoms with E-state index < -0.39 is 0 Å². The molecule has 0 saturated carbocycles. The Hall–Kier alpha value is -7.92. The van der Waals surface area contributed by atoms with Crippen LogP contribution in [0.4, 0.5) is 39.8 Å². The molecule has 0 aliphatic heterocycles. The summed E-state index contributed by atoms with van der Waals surface area (Å²) in [6, 6.07) is 62.3. The summed E-state index contributed by atoms with van der Waals surface area (Å²) in [5.41, 5.74) is 17.6. The predicted octanol–water partition coefficient (Wildman–Crippen LogP) is 16.3. The number of rotatable bonds is 10.